The molecule has 1 saturated heterocycles. The van der Waals surface area contributed by atoms with E-state index in [1.165, 1.54) is 11.1 Å². The highest BCUT2D eigenvalue weighted by molar-refractivity contribution is 5.69. The zero-order chi connectivity index (χ0) is 17.7. The molecule has 4 nitrogen and oxygen atoms in total. The summed E-state index contributed by atoms with van der Waals surface area (Å²) in [5.41, 5.74) is 2.76. The molecule has 1 aliphatic rings. The number of nitrogens with zero attached hydrogens (tertiary/aromatic N) is 2. The molecule has 0 spiro atoms. The number of carbonyl (C=O) groups is 1. The number of benzene rings is 1. The Morgan fingerprint density at radius 2 is 1.79 bits per heavy atom. The number of aliphatic carboxylic acids is 1. The van der Waals surface area contributed by atoms with E-state index in [9.17, 15) is 4.79 Å². The van der Waals surface area contributed by atoms with Crippen LogP contribution in [0.1, 0.15) is 63.1 Å². The number of carboxylic acids is 1. The van der Waals surface area contributed by atoms with E-state index < -0.39 is 5.97 Å². The van der Waals surface area contributed by atoms with Crippen molar-refractivity contribution in [3.8, 4) is 0 Å². The van der Waals surface area contributed by atoms with E-state index in [4.69, 9.17) is 5.11 Å². The molecule has 0 aliphatic carbocycles. The maximum atomic E-state index is 10.9. The van der Waals surface area contributed by atoms with Crippen molar-refractivity contribution in [3.05, 3.63) is 35.4 Å². The van der Waals surface area contributed by atoms with Crippen LogP contribution >= 0.6 is 0 Å². The van der Waals surface area contributed by atoms with Gasteiger partial charge in [0.2, 0.25) is 0 Å². The summed E-state index contributed by atoms with van der Waals surface area (Å²) in [6.45, 7) is 8.98. The first-order valence-corrected chi connectivity index (χ1v) is 9.14. The Morgan fingerprint density at radius 3 is 2.38 bits per heavy atom. The van der Waals surface area contributed by atoms with Crippen LogP contribution in [0, 0.1) is 0 Å². The average molecular weight is 332 g/mol. The highest BCUT2D eigenvalue weighted by Crippen LogP contribution is 2.26. The van der Waals surface area contributed by atoms with Gasteiger partial charge in [-0.2, -0.15) is 0 Å². The van der Waals surface area contributed by atoms with Gasteiger partial charge < -0.3 is 5.11 Å². The number of likely N-dealkylation sites (tertiary alicyclic amines) is 1. The molecule has 1 aromatic carbocycles. The summed E-state index contributed by atoms with van der Waals surface area (Å²) < 4.78 is 0. The molecule has 1 aliphatic heterocycles. The molecule has 24 heavy (non-hydrogen) atoms. The van der Waals surface area contributed by atoms with Crippen LogP contribution in [-0.2, 0) is 4.79 Å². The first-order valence-electron chi connectivity index (χ1n) is 9.14. The van der Waals surface area contributed by atoms with Crippen molar-refractivity contribution in [1.82, 2.24) is 9.80 Å². The van der Waals surface area contributed by atoms with E-state index in [0.29, 0.717) is 18.0 Å². The fourth-order valence-corrected chi connectivity index (χ4v) is 3.64. The van der Waals surface area contributed by atoms with Gasteiger partial charge in [-0.3, -0.25) is 14.6 Å². The Labute approximate surface area is 146 Å². The predicted molar refractivity (Wildman–Crippen MR) is 98.4 cm³/mol. The maximum Gasteiger partial charge on any atom is 0.317 e. The maximum absolute atomic E-state index is 10.9. The zero-order valence-electron chi connectivity index (χ0n) is 15.5. The van der Waals surface area contributed by atoms with E-state index in [-0.39, 0.29) is 6.54 Å². The molecular formula is C20H32N2O2. The third kappa shape index (κ3) is 5.05. The van der Waals surface area contributed by atoms with Gasteiger partial charge in [0.15, 0.2) is 0 Å². The van der Waals surface area contributed by atoms with Gasteiger partial charge >= 0.3 is 5.97 Å². The number of carboxylic acid groups (broad SMARTS) is 1. The predicted octanol–water partition coefficient (Wildman–Crippen LogP) is 3.74. The van der Waals surface area contributed by atoms with Crippen LogP contribution in [0.2, 0.25) is 0 Å². The molecule has 0 amide bonds. The van der Waals surface area contributed by atoms with E-state index in [1.807, 2.05) is 11.9 Å². The minimum atomic E-state index is -0.739. The Bertz CT molecular complexity index is 527. The van der Waals surface area contributed by atoms with Crippen LogP contribution in [0.25, 0.3) is 0 Å². The molecule has 2 atom stereocenters. The quantitative estimate of drug-likeness (QED) is 0.862. The minimum absolute atomic E-state index is 0.136. The fourth-order valence-electron chi connectivity index (χ4n) is 3.64. The lowest BCUT2D eigenvalue weighted by Crippen LogP contribution is -2.36. The molecule has 1 fully saturated rings. The molecule has 1 aromatic rings. The van der Waals surface area contributed by atoms with Crippen molar-refractivity contribution in [3.63, 3.8) is 0 Å². The monoisotopic (exact) mass is 332 g/mol. The number of rotatable bonds is 6. The average Bonchev–Trinajstić information content (AvgIpc) is 2.79. The van der Waals surface area contributed by atoms with Crippen molar-refractivity contribution in [1.29, 1.82) is 0 Å². The summed E-state index contributed by atoms with van der Waals surface area (Å²) in [6, 6.07) is 9.81. The Hall–Kier alpha value is -1.39. The van der Waals surface area contributed by atoms with Crippen LogP contribution in [0.15, 0.2) is 24.3 Å². The van der Waals surface area contributed by atoms with Gasteiger partial charge in [-0.1, -0.05) is 38.1 Å². The molecular weight excluding hydrogens is 300 g/mol. The van der Waals surface area contributed by atoms with E-state index >= 15 is 0 Å². The lowest BCUT2D eigenvalue weighted by molar-refractivity contribution is -0.138. The van der Waals surface area contributed by atoms with Crippen molar-refractivity contribution in [2.75, 3.05) is 26.7 Å². The summed E-state index contributed by atoms with van der Waals surface area (Å²) >= 11 is 0. The normalized spacial score (nSPS) is 21.0. The SMILES string of the molecule is CC(C)c1ccc(C(C)N2CCCC(N(C)CC(=O)O)CC2)cc1. The van der Waals surface area contributed by atoms with Crippen molar-refractivity contribution in [2.24, 2.45) is 0 Å². The lowest BCUT2D eigenvalue weighted by Gasteiger charge is -2.29. The number of hydrogen-bond donors (Lipinski definition) is 1. The largest absolute Gasteiger partial charge is 0.480 e. The van der Waals surface area contributed by atoms with E-state index in [1.54, 1.807) is 0 Å². The second-order valence-corrected chi connectivity index (χ2v) is 7.43. The van der Waals surface area contributed by atoms with Crippen molar-refractivity contribution in [2.45, 2.75) is 58.0 Å². The van der Waals surface area contributed by atoms with Gasteiger partial charge in [0.25, 0.3) is 0 Å². The zero-order valence-corrected chi connectivity index (χ0v) is 15.5. The van der Waals surface area contributed by atoms with Gasteiger partial charge in [0, 0.05) is 18.6 Å². The Morgan fingerprint density at radius 1 is 1.17 bits per heavy atom. The van der Waals surface area contributed by atoms with Crippen LogP contribution in [-0.4, -0.2) is 53.6 Å². The summed E-state index contributed by atoms with van der Waals surface area (Å²) in [5, 5.41) is 8.98. The lowest BCUT2D eigenvalue weighted by atomic mass is 9.99. The van der Waals surface area contributed by atoms with Crippen LogP contribution < -0.4 is 0 Å². The smallest absolute Gasteiger partial charge is 0.317 e. The van der Waals surface area contributed by atoms with Crippen LogP contribution in [0.5, 0.6) is 0 Å². The van der Waals surface area contributed by atoms with Crippen LogP contribution in [0.4, 0.5) is 0 Å². The Balaban J connectivity index is 1.96. The molecule has 4 heteroatoms. The summed E-state index contributed by atoms with van der Waals surface area (Å²) in [6.07, 6.45) is 3.25. The van der Waals surface area contributed by atoms with Gasteiger partial charge in [0.1, 0.15) is 0 Å². The first-order chi connectivity index (χ1) is 11.4. The molecule has 0 radical (unpaired) electrons. The van der Waals surface area contributed by atoms with Crippen molar-refractivity contribution >= 4 is 5.97 Å². The molecule has 2 rings (SSSR count). The minimum Gasteiger partial charge on any atom is -0.480 e. The molecule has 1 N–H and O–H groups in total. The summed E-state index contributed by atoms with van der Waals surface area (Å²) in [5.74, 6) is -0.171. The topological polar surface area (TPSA) is 43.8 Å². The van der Waals surface area contributed by atoms with Gasteiger partial charge in [-0.25, -0.2) is 0 Å². The van der Waals surface area contributed by atoms with E-state index in [0.717, 1.165) is 32.4 Å². The molecule has 0 aromatic heterocycles. The van der Waals surface area contributed by atoms with Gasteiger partial charge in [-0.05, 0) is 56.8 Å². The van der Waals surface area contributed by atoms with Crippen molar-refractivity contribution < 1.29 is 9.90 Å². The molecule has 0 bridgehead atoms. The second-order valence-electron chi connectivity index (χ2n) is 7.43. The second kappa shape index (κ2) is 8.63. The Kier molecular flexibility index (Phi) is 6.81. The molecule has 0 saturated carbocycles. The summed E-state index contributed by atoms with van der Waals surface area (Å²) in [4.78, 5) is 15.5. The molecule has 134 valence electrons. The highest BCUT2D eigenvalue weighted by Gasteiger charge is 2.24. The third-order valence-electron chi connectivity index (χ3n) is 5.37. The van der Waals surface area contributed by atoms with Gasteiger partial charge in [-0.15, -0.1) is 0 Å². The molecule has 2 unspecified atom stereocenters. The fraction of sp³-hybridized carbons (Fsp3) is 0.650. The van der Waals surface area contributed by atoms with Crippen LogP contribution in [0.3, 0.4) is 0 Å². The first kappa shape index (κ1) is 18.9. The highest BCUT2D eigenvalue weighted by atomic mass is 16.4. The number of hydrogen-bond acceptors (Lipinski definition) is 3. The van der Waals surface area contributed by atoms with E-state index in [2.05, 4.69) is 49.9 Å². The third-order valence-corrected chi connectivity index (χ3v) is 5.37. The summed E-state index contributed by atoms with van der Waals surface area (Å²) in [7, 11) is 1.93. The van der Waals surface area contributed by atoms with Gasteiger partial charge in [0.05, 0.1) is 6.54 Å². The number of likely N-dealkylation sites (N-methyl/N-ethyl adjacent to an activating group) is 1. The standard InChI is InChI=1S/C20H32N2O2/c1-15(2)17-7-9-18(10-8-17)16(3)22-12-5-6-19(11-13-22)21(4)14-20(23)24/h7-10,15-16,19H,5-6,11-14H2,1-4H3,(H,23,24). The molecule has 1 heterocycles.